The molecule has 2 heterocycles. The van der Waals surface area contributed by atoms with Crippen molar-refractivity contribution in [3.8, 4) is 5.88 Å². The number of ether oxygens (including phenoxy) is 1. The van der Waals surface area contributed by atoms with Crippen molar-refractivity contribution in [2.45, 2.75) is 13.5 Å². The van der Waals surface area contributed by atoms with Gasteiger partial charge < -0.3 is 10.1 Å². The van der Waals surface area contributed by atoms with Crippen LogP contribution in [0, 0.1) is 6.92 Å². The first-order valence-electron chi connectivity index (χ1n) is 4.93. The Bertz CT molecular complexity index is 453. The Morgan fingerprint density at radius 2 is 2.31 bits per heavy atom. The zero-order valence-corrected chi connectivity index (χ0v) is 10.0. The highest BCUT2D eigenvalue weighted by atomic mass is 32.1. The first kappa shape index (κ1) is 10.9. The highest BCUT2D eigenvalue weighted by Gasteiger charge is 1.99. The SMILES string of the molecule is COc1ccc(CNc2nc(C)cs2)cn1. The predicted molar refractivity (Wildman–Crippen MR) is 65.0 cm³/mol. The van der Waals surface area contributed by atoms with Gasteiger partial charge in [-0.1, -0.05) is 6.07 Å². The van der Waals surface area contributed by atoms with Gasteiger partial charge in [-0.05, 0) is 12.5 Å². The van der Waals surface area contributed by atoms with E-state index in [4.69, 9.17) is 4.74 Å². The normalized spacial score (nSPS) is 10.1. The fourth-order valence-corrected chi connectivity index (χ4v) is 1.94. The van der Waals surface area contributed by atoms with Crippen molar-refractivity contribution >= 4 is 16.5 Å². The molecule has 0 saturated carbocycles. The van der Waals surface area contributed by atoms with Crippen LogP contribution in [0.5, 0.6) is 5.88 Å². The summed E-state index contributed by atoms with van der Waals surface area (Å²) in [5.41, 5.74) is 2.15. The number of nitrogens with zero attached hydrogens (tertiary/aromatic N) is 2. The standard InChI is InChI=1S/C11H13N3OS/c1-8-7-16-11(14-8)13-6-9-3-4-10(15-2)12-5-9/h3-5,7H,6H2,1-2H3,(H,13,14). The van der Waals surface area contributed by atoms with Crippen LogP contribution in [0.3, 0.4) is 0 Å². The Labute approximate surface area is 98.3 Å². The summed E-state index contributed by atoms with van der Waals surface area (Å²) in [4.78, 5) is 8.46. The zero-order chi connectivity index (χ0) is 11.4. The van der Waals surface area contributed by atoms with Crippen LogP contribution in [-0.2, 0) is 6.54 Å². The number of hydrogen-bond acceptors (Lipinski definition) is 5. The number of rotatable bonds is 4. The number of anilines is 1. The first-order valence-corrected chi connectivity index (χ1v) is 5.81. The van der Waals surface area contributed by atoms with E-state index in [2.05, 4.69) is 15.3 Å². The average Bonchev–Trinajstić information content (AvgIpc) is 2.73. The second kappa shape index (κ2) is 4.94. The highest BCUT2D eigenvalue weighted by Crippen LogP contribution is 2.15. The number of hydrogen-bond donors (Lipinski definition) is 1. The molecule has 2 aromatic heterocycles. The van der Waals surface area contributed by atoms with Crippen molar-refractivity contribution in [3.05, 3.63) is 35.0 Å². The summed E-state index contributed by atoms with van der Waals surface area (Å²) in [6.07, 6.45) is 1.80. The van der Waals surface area contributed by atoms with Crippen LogP contribution in [0.1, 0.15) is 11.3 Å². The van der Waals surface area contributed by atoms with Crippen molar-refractivity contribution in [3.63, 3.8) is 0 Å². The van der Waals surface area contributed by atoms with Crippen LogP contribution in [0.2, 0.25) is 0 Å². The van der Waals surface area contributed by atoms with Crippen molar-refractivity contribution in [2.24, 2.45) is 0 Å². The van der Waals surface area contributed by atoms with Gasteiger partial charge in [-0.3, -0.25) is 0 Å². The topological polar surface area (TPSA) is 47.0 Å². The summed E-state index contributed by atoms with van der Waals surface area (Å²) >= 11 is 1.61. The molecule has 0 aliphatic heterocycles. The van der Waals surface area contributed by atoms with Crippen LogP contribution >= 0.6 is 11.3 Å². The number of aryl methyl sites for hydroxylation is 1. The molecule has 1 N–H and O–H groups in total. The van der Waals surface area contributed by atoms with Crippen LogP contribution in [0.25, 0.3) is 0 Å². The molecule has 0 radical (unpaired) electrons. The molecule has 2 rings (SSSR count). The van der Waals surface area contributed by atoms with Gasteiger partial charge in [-0.25, -0.2) is 9.97 Å². The lowest BCUT2D eigenvalue weighted by molar-refractivity contribution is 0.397. The fraction of sp³-hybridized carbons (Fsp3) is 0.273. The second-order valence-electron chi connectivity index (χ2n) is 3.36. The molecule has 0 saturated heterocycles. The summed E-state index contributed by atoms with van der Waals surface area (Å²) in [5, 5.41) is 6.21. The molecule has 0 aliphatic rings. The van der Waals surface area contributed by atoms with E-state index in [1.165, 1.54) is 0 Å². The number of nitrogens with one attached hydrogen (secondary N) is 1. The number of methoxy groups -OCH3 is 1. The molecule has 0 unspecified atom stereocenters. The third kappa shape index (κ3) is 2.70. The molecular weight excluding hydrogens is 222 g/mol. The van der Waals surface area contributed by atoms with Gasteiger partial charge in [0.25, 0.3) is 0 Å². The largest absolute Gasteiger partial charge is 0.481 e. The molecule has 0 fully saturated rings. The van der Waals surface area contributed by atoms with E-state index in [1.54, 1.807) is 24.6 Å². The molecular formula is C11H13N3OS. The van der Waals surface area contributed by atoms with E-state index in [1.807, 2.05) is 24.4 Å². The van der Waals surface area contributed by atoms with Crippen molar-refractivity contribution in [2.75, 3.05) is 12.4 Å². The summed E-state index contributed by atoms with van der Waals surface area (Å²) in [5.74, 6) is 0.633. The molecule has 5 heteroatoms. The lowest BCUT2D eigenvalue weighted by atomic mass is 10.3. The van der Waals surface area contributed by atoms with Crippen molar-refractivity contribution in [1.82, 2.24) is 9.97 Å². The number of pyridine rings is 1. The Hall–Kier alpha value is -1.62. The summed E-state index contributed by atoms with van der Waals surface area (Å²) < 4.78 is 4.99. The molecule has 4 nitrogen and oxygen atoms in total. The van der Waals surface area contributed by atoms with Gasteiger partial charge in [0.15, 0.2) is 5.13 Å². The van der Waals surface area contributed by atoms with Gasteiger partial charge in [0.1, 0.15) is 0 Å². The maximum absolute atomic E-state index is 4.99. The molecule has 0 atom stereocenters. The first-order chi connectivity index (χ1) is 7.78. The smallest absolute Gasteiger partial charge is 0.212 e. The van der Waals surface area contributed by atoms with Crippen LogP contribution < -0.4 is 10.1 Å². The summed E-state index contributed by atoms with van der Waals surface area (Å²) in [7, 11) is 1.61. The van der Waals surface area contributed by atoms with E-state index in [9.17, 15) is 0 Å². The minimum absolute atomic E-state index is 0.633. The molecule has 84 valence electrons. The van der Waals surface area contributed by atoms with Crippen molar-refractivity contribution in [1.29, 1.82) is 0 Å². The maximum Gasteiger partial charge on any atom is 0.212 e. The number of thiazole rings is 1. The quantitative estimate of drug-likeness (QED) is 0.884. The monoisotopic (exact) mass is 235 g/mol. The zero-order valence-electron chi connectivity index (χ0n) is 9.23. The van der Waals surface area contributed by atoms with Crippen LogP contribution in [0.15, 0.2) is 23.7 Å². The van der Waals surface area contributed by atoms with Gasteiger partial charge in [0, 0.05) is 24.2 Å². The average molecular weight is 235 g/mol. The van der Waals surface area contributed by atoms with Crippen LogP contribution in [-0.4, -0.2) is 17.1 Å². The minimum Gasteiger partial charge on any atom is -0.481 e. The lowest BCUT2D eigenvalue weighted by Crippen LogP contribution is -1.99. The van der Waals surface area contributed by atoms with E-state index in [-0.39, 0.29) is 0 Å². The molecule has 0 aliphatic carbocycles. The second-order valence-corrected chi connectivity index (χ2v) is 4.21. The molecule has 2 aromatic rings. The highest BCUT2D eigenvalue weighted by molar-refractivity contribution is 7.13. The van der Waals surface area contributed by atoms with E-state index < -0.39 is 0 Å². The lowest BCUT2D eigenvalue weighted by Gasteiger charge is -2.03. The molecule has 0 aromatic carbocycles. The minimum atomic E-state index is 0.633. The van der Waals surface area contributed by atoms with E-state index in [0.29, 0.717) is 5.88 Å². The van der Waals surface area contributed by atoms with E-state index >= 15 is 0 Å². The molecule has 0 amide bonds. The Morgan fingerprint density at radius 1 is 1.44 bits per heavy atom. The van der Waals surface area contributed by atoms with Crippen LogP contribution in [0.4, 0.5) is 5.13 Å². The third-order valence-corrected chi connectivity index (χ3v) is 2.99. The molecule has 0 bridgehead atoms. The fourth-order valence-electron chi connectivity index (χ4n) is 1.25. The van der Waals surface area contributed by atoms with Gasteiger partial charge in [0.2, 0.25) is 5.88 Å². The van der Waals surface area contributed by atoms with E-state index in [0.717, 1.165) is 22.9 Å². The van der Waals surface area contributed by atoms with Gasteiger partial charge in [-0.2, -0.15) is 0 Å². The Kier molecular flexibility index (Phi) is 3.36. The van der Waals surface area contributed by atoms with Gasteiger partial charge in [0.05, 0.1) is 12.8 Å². The Morgan fingerprint density at radius 3 is 2.88 bits per heavy atom. The summed E-state index contributed by atoms with van der Waals surface area (Å²) in [6.45, 7) is 2.71. The Balaban J connectivity index is 1.94. The van der Waals surface area contributed by atoms with Gasteiger partial charge in [-0.15, -0.1) is 11.3 Å². The predicted octanol–water partition coefficient (Wildman–Crippen LogP) is 2.47. The van der Waals surface area contributed by atoms with Crippen molar-refractivity contribution < 1.29 is 4.74 Å². The third-order valence-electron chi connectivity index (χ3n) is 2.07. The number of aromatic nitrogens is 2. The molecule has 16 heavy (non-hydrogen) atoms. The molecule has 0 spiro atoms. The van der Waals surface area contributed by atoms with Gasteiger partial charge >= 0.3 is 0 Å². The maximum atomic E-state index is 4.99. The summed E-state index contributed by atoms with van der Waals surface area (Å²) in [6, 6.07) is 3.84.